The minimum atomic E-state index is -0.810. The number of ether oxygens (including phenoxy) is 2. The molecule has 2 aromatic carbocycles. The highest BCUT2D eigenvalue weighted by Gasteiger charge is 2.31. The van der Waals surface area contributed by atoms with E-state index in [2.05, 4.69) is 15.0 Å². The summed E-state index contributed by atoms with van der Waals surface area (Å²) in [7, 11) is 0. The standard InChI is InChI=1S/C24H21ClFN3O4/c25-18-10-19-23(29-24(27-19)33-17-9-20(31)21(11-30)32-12-17)28-22(18)15-3-1-13(2-4-15)14-5-7-16(26)8-6-14/h1-8,10,17,20-21,30-31H,9,11-12H2,(H,27,28,29). The summed E-state index contributed by atoms with van der Waals surface area (Å²) in [6.45, 7) is -0.00618. The number of halogens is 2. The number of aromatic nitrogens is 3. The van der Waals surface area contributed by atoms with Gasteiger partial charge in [-0.1, -0.05) is 48.0 Å². The van der Waals surface area contributed by atoms with Crippen molar-refractivity contribution in [3.63, 3.8) is 0 Å². The van der Waals surface area contributed by atoms with E-state index in [1.165, 1.54) is 12.1 Å². The minimum Gasteiger partial charge on any atom is -0.459 e. The Morgan fingerprint density at radius 2 is 1.73 bits per heavy atom. The zero-order valence-corrected chi connectivity index (χ0v) is 18.2. The van der Waals surface area contributed by atoms with Gasteiger partial charge in [0.25, 0.3) is 6.01 Å². The average molecular weight is 470 g/mol. The van der Waals surface area contributed by atoms with Crippen LogP contribution in [0.1, 0.15) is 6.42 Å². The molecule has 33 heavy (non-hydrogen) atoms. The average Bonchev–Trinajstić information content (AvgIpc) is 3.20. The lowest BCUT2D eigenvalue weighted by Crippen LogP contribution is -2.45. The van der Waals surface area contributed by atoms with Crippen LogP contribution in [-0.4, -0.2) is 56.7 Å². The van der Waals surface area contributed by atoms with E-state index in [0.717, 1.165) is 16.7 Å². The van der Waals surface area contributed by atoms with E-state index in [-0.39, 0.29) is 25.0 Å². The van der Waals surface area contributed by atoms with Gasteiger partial charge in [-0.05, 0) is 29.3 Å². The highest BCUT2D eigenvalue weighted by molar-refractivity contribution is 6.33. The number of benzene rings is 2. The quantitative estimate of drug-likeness (QED) is 0.409. The van der Waals surface area contributed by atoms with Gasteiger partial charge in [0.1, 0.15) is 18.0 Å². The van der Waals surface area contributed by atoms with Crippen LogP contribution in [0.15, 0.2) is 54.6 Å². The third-order valence-electron chi connectivity index (χ3n) is 5.63. The number of hydrogen-bond acceptors (Lipinski definition) is 6. The van der Waals surface area contributed by atoms with E-state index in [1.54, 1.807) is 18.2 Å². The van der Waals surface area contributed by atoms with Gasteiger partial charge in [0.05, 0.1) is 35.6 Å². The normalized spacial score (nSPS) is 20.8. The molecule has 0 spiro atoms. The Kier molecular flexibility index (Phi) is 5.99. The molecular weight excluding hydrogens is 449 g/mol. The fourth-order valence-electron chi connectivity index (χ4n) is 3.86. The number of pyridine rings is 1. The first kappa shape index (κ1) is 21.8. The summed E-state index contributed by atoms with van der Waals surface area (Å²) < 4.78 is 24.4. The van der Waals surface area contributed by atoms with E-state index in [4.69, 9.17) is 21.1 Å². The highest BCUT2D eigenvalue weighted by Crippen LogP contribution is 2.31. The van der Waals surface area contributed by atoms with Crippen molar-refractivity contribution in [2.45, 2.75) is 24.7 Å². The molecule has 4 aromatic rings. The van der Waals surface area contributed by atoms with Crippen molar-refractivity contribution >= 4 is 22.8 Å². The number of aromatic amines is 1. The molecule has 3 unspecified atom stereocenters. The summed E-state index contributed by atoms with van der Waals surface area (Å²) in [6, 6.07) is 16.0. The number of fused-ring (bicyclic) bond motifs is 1. The number of nitrogens with one attached hydrogen (secondary N) is 1. The number of imidazole rings is 1. The van der Waals surface area contributed by atoms with Crippen molar-refractivity contribution in [3.8, 4) is 28.4 Å². The molecule has 3 heterocycles. The number of rotatable bonds is 5. The van der Waals surface area contributed by atoms with Gasteiger partial charge >= 0.3 is 0 Å². The van der Waals surface area contributed by atoms with Gasteiger partial charge in [-0.25, -0.2) is 9.37 Å². The Balaban J connectivity index is 1.36. The fraction of sp³-hybridized carbons (Fsp3) is 0.250. The van der Waals surface area contributed by atoms with Crippen molar-refractivity contribution in [2.75, 3.05) is 13.2 Å². The SMILES string of the molecule is OCC1OCC(Oc2nc3nc(-c4ccc(-c5ccc(F)cc5)cc4)c(Cl)cc3[nH]2)CC1O. The van der Waals surface area contributed by atoms with E-state index < -0.39 is 18.3 Å². The van der Waals surface area contributed by atoms with Crippen molar-refractivity contribution in [1.29, 1.82) is 0 Å². The first-order chi connectivity index (χ1) is 16.0. The van der Waals surface area contributed by atoms with E-state index in [1.807, 2.05) is 24.3 Å². The summed E-state index contributed by atoms with van der Waals surface area (Å²) in [5.74, 6) is -0.274. The summed E-state index contributed by atoms with van der Waals surface area (Å²) in [5, 5.41) is 19.7. The Hall–Kier alpha value is -3.04. The van der Waals surface area contributed by atoms with Crippen LogP contribution in [0, 0.1) is 5.82 Å². The van der Waals surface area contributed by atoms with Crippen LogP contribution in [-0.2, 0) is 4.74 Å². The van der Waals surface area contributed by atoms with Gasteiger partial charge in [-0.2, -0.15) is 4.98 Å². The molecule has 0 amide bonds. The molecule has 3 atom stereocenters. The van der Waals surface area contributed by atoms with Crippen molar-refractivity contribution in [1.82, 2.24) is 15.0 Å². The topological polar surface area (TPSA) is 100 Å². The fourth-order valence-corrected chi connectivity index (χ4v) is 4.12. The maximum atomic E-state index is 13.2. The first-order valence-electron chi connectivity index (χ1n) is 10.5. The molecule has 0 bridgehead atoms. The number of aliphatic hydroxyl groups is 2. The molecule has 0 radical (unpaired) electrons. The summed E-state index contributed by atoms with van der Waals surface area (Å²) in [5.41, 5.74) is 4.32. The predicted octanol–water partition coefficient (Wildman–Crippen LogP) is 3.97. The van der Waals surface area contributed by atoms with Crippen LogP contribution >= 0.6 is 11.6 Å². The minimum absolute atomic E-state index is 0.235. The van der Waals surface area contributed by atoms with Crippen molar-refractivity contribution in [3.05, 3.63) is 65.4 Å². The molecule has 170 valence electrons. The monoisotopic (exact) mass is 469 g/mol. The predicted molar refractivity (Wildman–Crippen MR) is 122 cm³/mol. The van der Waals surface area contributed by atoms with E-state index in [0.29, 0.717) is 28.3 Å². The second-order valence-corrected chi connectivity index (χ2v) is 8.32. The third kappa shape index (κ3) is 4.56. The van der Waals surface area contributed by atoms with E-state index in [9.17, 15) is 14.6 Å². The second kappa shape index (κ2) is 9.07. The smallest absolute Gasteiger partial charge is 0.296 e. The largest absolute Gasteiger partial charge is 0.459 e. The molecule has 1 saturated heterocycles. The molecule has 1 aliphatic rings. The second-order valence-electron chi connectivity index (χ2n) is 7.91. The van der Waals surface area contributed by atoms with Gasteiger partial charge in [-0.15, -0.1) is 0 Å². The Morgan fingerprint density at radius 3 is 2.39 bits per heavy atom. The Labute approximate surface area is 193 Å². The van der Waals surface area contributed by atoms with Crippen LogP contribution in [0.2, 0.25) is 5.02 Å². The maximum Gasteiger partial charge on any atom is 0.296 e. The third-order valence-corrected chi connectivity index (χ3v) is 5.92. The molecule has 9 heteroatoms. The van der Waals surface area contributed by atoms with E-state index >= 15 is 0 Å². The molecule has 0 saturated carbocycles. The molecule has 1 aliphatic heterocycles. The van der Waals surface area contributed by atoms with Gasteiger partial charge in [-0.3, -0.25) is 0 Å². The van der Waals surface area contributed by atoms with Gasteiger partial charge in [0, 0.05) is 12.0 Å². The maximum absolute atomic E-state index is 13.2. The number of H-pyrrole nitrogens is 1. The molecule has 3 N–H and O–H groups in total. The number of aliphatic hydroxyl groups excluding tert-OH is 2. The van der Waals surface area contributed by atoms with Crippen LogP contribution in [0.3, 0.4) is 0 Å². The summed E-state index contributed by atoms with van der Waals surface area (Å²) in [6.07, 6.45) is -1.49. The Morgan fingerprint density at radius 1 is 1.06 bits per heavy atom. The Bertz CT molecular complexity index is 1260. The number of nitrogens with zero attached hydrogens (tertiary/aromatic N) is 2. The zero-order valence-electron chi connectivity index (χ0n) is 17.4. The van der Waals surface area contributed by atoms with Crippen LogP contribution < -0.4 is 4.74 Å². The molecular formula is C24H21ClFN3O4. The summed E-state index contributed by atoms with van der Waals surface area (Å²) in [4.78, 5) is 12.0. The lowest BCUT2D eigenvalue weighted by molar-refractivity contribution is -0.131. The lowest BCUT2D eigenvalue weighted by atomic mass is 10.0. The van der Waals surface area contributed by atoms with Gasteiger partial charge in [0.2, 0.25) is 0 Å². The molecule has 1 fully saturated rings. The number of hydrogen-bond donors (Lipinski definition) is 3. The van der Waals surface area contributed by atoms with Crippen LogP contribution in [0.4, 0.5) is 4.39 Å². The van der Waals surface area contributed by atoms with Crippen molar-refractivity contribution in [2.24, 2.45) is 0 Å². The molecule has 0 aliphatic carbocycles. The first-order valence-corrected chi connectivity index (χ1v) is 10.9. The van der Waals surface area contributed by atoms with Crippen molar-refractivity contribution < 1.29 is 24.1 Å². The highest BCUT2D eigenvalue weighted by atomic mass is 35.5. The zero-order chi connectivity index (χ0) is 22.9. The molecule has 5 rings (SSSR count). The van der Waals surface area contributed by atoms with Gasteiger partial charge < -0.3 is 24.7 Å². The van der Waals surface area contributed by atoms with Crippen LogP contribution in [0.25, 0.3) is 33.5 Å². The van der Waals surface area contributed by atoms with Gasteiger partial charge in [0.15, 0.2) is 5.65 Å². The molecule has 7 nitrogen and oxygen atoms in total. The lowest BCUT2D eigenvalue weighted by Gasteiger charge is -2.31. The van der Waals surface area contributed by atoms with Crippen LogP contribution in [0.5, 0.6) is 6.01 Å². The summed E-state index contributed by atoms with van der Waals surface area (Å²) >= 11 is 6.49. The molecule has 2 aromatic heterocycles.